The lowest BCUT2D eigenvalue weighted by atomic mass is 9.89. The van der Waals surface area contributed by atoms with E-state index in [4.69, 9.17) is 9.47 Å². The molecule has 3 rings (SSSR count). The number of aryl methyl sites for hydroxylation is 1. The maximum atomic E-state index is 12.9. The van der Waals surface area contributed by atoms with Gasteiger partial charge in [0.2, 0.25) is 11.4 Å². The molecule has 7 nitrogen and oxygen atoms in total. The quantitative estimate of drug-likeness (QED) is 0.405. The number of nitrogens with zero attached hydrogens (tertiary/aromatic N) is 1. The maximum absolute atomic E-state index is 12.9. The van der Waals surface area contributed by atoms with Crippen molar-refractivity contribution in [2.24, 2.45) is 7.05 Å². The van der Waals surface area contributed by atoms with Gasteiger partial charge in [-0.3, -0.25) is 4.79 Å². The van der Waals surface area contributed by atoms with Crippen LogP contribution in [0.25, 0.3) is 21.8 Å². The van der Waals surface area contributed by atoms with Gasteiger partial charge in [0.15, 0.2) is 0 Å². The number of rotatable bonds is 7. The molecule has 0 fully saturated rings. The lowest BCUT2D eigenvalue weighted by Gasteiger charge is -2.29. The van der Waals surface area contributed by atoms with Crippen LogP contribution in [0.15, 0.2) is 40.9 Å². The van der Waals surface area contributed by atoms with Crippen molar-refractivity contribution < 1.29 is 23.9 Å². The zero-order valence-electron chi connectivity index (χ0n) is 18.0. The molecule has 0 radical (unpaired) electrons. The van der Waals surface area contributed by atoms with Crippen molar-refractivity contribution in [2.45, 2.75) is 32.7 Å². The molecule has 0 saturated carbocycles. The molecule has 1 heterocycles. The number of esters is 2. The van der Waals surface area contributed by atoms with E-state index >= 15 is 0 Å². The van der Waals surface area contributed by atoms with Crippen LogP contribution in [0.2, 0.25) is 0 Å². The largest absolute Gasteiger partial charge is 0.464 e. The van der Waals surface area contributed by atoms with E-state index in [-0.39, 0.29) is 19.6 Å². The predicted octanol–water partition coefficient (Wildman–Crippen LogP) is 3.64. The first-order valence-corrected chi connectivity index (χ1v) is 10.8. The van der Waals surface area contributed by atoms with Crippen LogP contribution >= 0.6 is 15.9 Å². The Morgan fingerprint density at radius 1 is 0.968 bits per heavy atom. The third kappa shape index (κ3) is 4.30. The molecule has 1 aromatic heterocycles. The van der Waals surface area contributed by atoms with Crippen molar-refractivity contribution in [1.82, 2.24) is 9.88 Å². The zero-order chi connectivity index (χ0) is 22.8. The Morgan fingerprint density at radius 2 is 1.52 bits per heavy atom. The summed E-state index contributed by atoms with van der Waals surface area (Å²) in [6.07, 6.45) is -0.0927. The number of carbonyl (C=O) groups excluding carboxylic acids is 3. The summed E-state index contributed by atoms with van der Waals surface area (Å²) in [5, 5.41) is 4.52. The Kier molecular flexibility index (Phi) is 6.69. The number of hydrogen-bond acceptors (Lipinski definition) is 5. The number of hydrogen-bond donors (Lipinski definition) is 1. The molecule has 0 atom stereocenters. The average Bonchev–Trinajstić information content (AvgIpc) is 2.98. The molecule has 2 aromatic carbocycles. The lowest BCUT2D eigenvalue weighted by Crippen LogP contribution is -2.62. The van der Waals surface area contributed by atoms with Crippen LogP contribution in [-0.2, 0) is 37.3 Å². The second-order valence-electron chi connectivity index (χ2n) is 7.28. The summed E-state index contributed by atoms with van der Waals surface area (Å²) in [7, 11) is 1.98. The lowest BCUT2D eigenvalue weighted by molar-refractivity contribution is -0.168. The van der Waals surface area contributed by atoms with E-state index in [9.17, 15) is 14.4 Å². The van der Waals surface area contributed by atoms with Crippen LogP contribution < -0.4 is 5.32 Å². The first-order chi connectivity index (χ1) is 14.7. The molecular formula is C23H25BrN2O5. The van der Waals surface area contributed by atoms with Gasteiger partial charge in [-0.2, -0.15) is 0 Å². The summed E-state index contributed by atoms with van der Waals surface area (Å²) < 4.78 is 13.4. The normalized spacial score (nSPS) is 11.5. The van der Waals surface area contributed by atoms with Gasteiger partial charge in [0.05, 0.1) is 13.2 Å². The van der Waals surface area contributed by atoms with Gasteiger partial charge >= 0.3 is 11.9 Å². The fraction of sp³-hybridized carbons (Fsp3) is 0.348. The van der Waals surface area contributed by atoms with Crippen LogP contribution in [0.4, 0.5) is 0 Å². The van der Waals surface area contributed by atoms with Gasteiger partial charge in [-0.25, -0.2) is 9.59 Å². The second kappa shape index (κ2) is 9.09. The molecular weight excluding hydrogens is 464 g/mol. The molecule has 3 aromatic rings. The van der Waals surface area contributed by atoms with Crippen LogP contribution in [0.1, 0.15) is 26.3 Å². The van der Waals surface area contributed by atoms with Crippen LogP contribution in [0, 0.1) is 0 Å². The van der Waals surface area contributed by atoms with Crippen molar-refractivity contribution in [2.75, 3.05) is 13.2 Å². The Hall–Kier alpha value is -2.87. The van der Waals surface area contributed by atoms with Gasteiger partial charge in [0, 0.05) is 46.7 Å². The van der Waals surface area contributed by atoms with Crippen molar-refractivity contribution in [1.29, 1.82) is 0 Å². The molecule has 0 aliphatic heterocycles. The molecule has 0 aliphatic carbocycles. The maximum Gasteiger partial charge on any atom is 0.344 e. The monoisotopic (exact) mass is 488 g/mol. The van der Waals surface area contributed by atoms with Crippen molar-refractivity contribution in [3.05, 3.63) is 46.4 Å². The van der Waals surface area contributed by atoms with E-state index in [0.29, 0.717) is 5.56 Å². The number of halogens is 1. The third-order valence-corrected chi connectivity index (χ3v) is 5.63. The molecule has 0 bridgehead atoms. The SMILES string of the molecule is CCOC(=O)C(Cc1ccc2c(c1)c1cc(Br)ccc1n2C)(NC(C)=O)C(=O)OCC. The van der Waals surface area contributed by atoms with Crippen molar-refractivity contribution >= 4 is 55.6 Å². The minimum atomic E-state index is -1.96. The number of fused-ring (bicyclic) bond motifs is 3. The molecule has 1 N–H and O–H groups in total. The number of nitrogens with one attached hydrogen (secondary N) is 1. The number of aromatic nitrogens is 1. The van der Waals surface area contributed by atoms with E-state index in [1.165, 1.54) is 6.92 Å². The summed E-state index contributed by atoms with van der Waals surface area (Å²) in [5.74, 6) is -2.22. The van der Waals surface area contributed by atoms with E-state index in [0.717, 1.165) is 26.3 Å². The summed E-state index contributed by atoms with van der Waals surface area (Å²) in [6.45, 7) is 4.66. The molecule has 0 saturated heterocycles. The summed E-state index contributed by atoms with van der Waals surface area (Å²) >= 11 is 3.52. The van der Waals surface area contributed by atoms with Crippen molar-refractivity contribution in [3.8, 4) is 0 Å². The van der Waals surface area contributed by atoms with Gasteiger partial charge in [-0.15, -0.1) is 0 Å². The van der Waals surface area contributed by atoms with E-state index < -0.39 is 23.4 Å². The summed E-state index contributed by atoms with van der Waals surface area (Å²) in [4.78, 5) is 37.8. The molecule has 1 amide bonds. The minimum Gasteiger partial charge on any atom is -0.464 e. The third-order valence-electron chi connectivity index (χ3n) is 5.14. The van der Waals surface area contributed by atoms with Crippen LogP contribution in [-0.4, -0.2) is 41.2 Å². The van der Waals surface area contributed by atoms with E-state index in [1.807, 2.05) is 43.4 Å². The Bertz CT molecular complexity index is 1150. The Balaban J connectivity index is 2.16. The number of ether oxygens (including phenoxy) is 2. The highest BCUT2D eigenvalue weighted by atomic mass is 79.9. The second-order valence-corrected chi connectivity index (χ2v) is 8.19. The average molecular weight is 489 g/mol. The summed E-state index contributed by atoms with van der Waals surface area (Å²) in [6, 6.07) is 11.7. The topological polar surface area (TPSA) is 86.6 Å². The van der Waals surface area contributed by atoms with Gasteiger partial charge in [-0.05, 0) is 49.7 Å². The Morgan fingerprint density at radius 3 is 2.06 bits per heavy atom. The Labute approximate surface area is 188 Å². The first kappa shape index (κ1) is 22.8. The number of benzene rings is 2. The van der Waals surface area contributed by atoms with Gasteiger partial charge in [0.1, 0.15) is 0 Å². The molecule has 31 heavy (non-hydrogen) atoms. The standard InChI is InChI=1S/C23H25BrN2O5/c1-5-30-21(28)23(25-14(3)27,22(29)31-6-2)13-15-7-9-19-17(11-15)18-12-16(24)8-10-20(18)26(19)4/h7-12H,5-6,13H2,1-4H3,(H,25,27). The zero-order valence-corrected chi connectivity index (χ0v) is 19.5. The molecule has 0 spiro atoms. The highest BCUT2D eigenvalue weighted by Crippen LogP contribution is 2.32. The smallest absolute Gasteiger partial charge is 0.344 e. The first-order valence-electron chi connectivity index (χ1n) is 10.0. The van der Waals surface area contributed by atoms with Gasteiger partial charge < -0.3 is 19.4 Å². The molecule has 164 valence electrons. The van der Waals surface area contributed by atoms with Crippen LogP contribution in [0.5, 0.6) is 0 Å². The predicted molar refractivity (Wildman–Crippen MR) is 122 cm³/mol. The van der Waals surface area contributed by atoms with E-state index in [1.54, 1.807) is 13.8 Å². The fourth-order valence-corrected chi connectivity index (χ4v) is 4.20. The van der Waals surface area contributed by atoms with Gasteiger partial charge in [0.25, 0.3) is 0 Å². The van der Waals surface area contributed by atoms with Crippen molar-refractivity contribution in [3.63, 3.8) is 0 Å². The highest BCUT2D eigenvalue weighted by molar-refractivity contribution is 9.10. The van der Waals surface area contributed by atoms with E-state index in [2.05, 4.69) is 25.8 Å². The number of carbonyl (C=O) groups is 3. The highest BCUT2D eigenvalue weighted by Gasteiger charge is 2.50. The van der Waals surface area contributed by atoms with Gasteiger partial charge in [-0.1, -0.05) is 22.0 Å². The summed E-state index contributed by atoms with van der Waals surface area (Å²) in [5.41, 5.74) is 0.791. The van der Waals surface area contributed by atoms with Crippen LogP contribution in [0.3, 0.4) is 0 Å². The fourth-order valence-electron chi connectivity index (χ4n) is 3.84. The molecule has 8 heteroatoms. The molecule has 0 unspecified atom stereocenters. The number of amides is 1. The molecule has 0 aliphatic rings. The minimum absolute atomic E-state index is 0.0654.